The van der Waals surface area contributed by atoms with Crippen molar-refractivity contribution in [1.82, 2.24) is 10.6 Å². The number of carboxylic acid groups (broad SMARTS) is 1. The lowest BCUT2D eigenvalue weighted by Crippen LogP contribution is -2.42. The van der Waals surface area contributed by atoms with Crippen LogP contribution in [0.25, 0.3) is 0 Å². The summed E-state index contributed by atoms with van der Waals surface area (Å²) in [5.41, 5.74) is -0.229. The van der Waals surface area contributed by atoms with Gasteiger partial charge in [0.15, 0.2) is 0 Å². The number of carbonyl (C=O) groups is 2. The molecule has 5 heteroatoms. The molecule has 0 aromatic carbocycles. The van der Waals surface area contributed by atoms with Crippen molar-refractivity contribution in [2.24, 2.45) is 5.41 Å². The summed E-state index contributed by atoms with van der Waals surface area (Å²) in [6.07, 6.45) is 5.27. The maximum absolute atomic E-state index is 11.4. The third kappa shape index (κ3) is 4.73. The highest BCUT2D eigenvalue weighted by Crippen LogP contribution is 2.38. The Labute approximate surface area is 102 Å². The molecule has 0 unspecified atom stereocenters. The molecule has 0 atom stereocenters. The standard InChI is InChI=1S/C12H22N2O3/c1-13-8-10(15)14-9-12(7-11(16)17)5-3-2-4-6-12/h13H,2-9H2,1H3,(H,14,15)(H,16,17). The maximum Gasteiger partial charge on any atom is 0.303 e. The van der Waals surface area contributed by atoms with Crippen LogP contribution in [-0.4, -0.2) is 37.1 Å². The first-order chi connectivity index (χ1) is 8.08. The fraction of sp³-hybridized carbons (Fsp3) is 0.833. The van der Waals surface area contributed by atoms with Crippen molar-refractivity contribution in [2.75, 3.05) is 20.1 Å². The SMILES string of the molecule is CNCC(=O)NCC1(CC(=O)O)CCCCC1. The highest BCUT2D eigenvalue weighted by Gasteiger charge is 2.34. The Hall–Kier alpha value is -1.10. The van der Waals surface area contributed by atoms with Crippen molar-refractivity contribution in [3.63, 3.8) is 0 Å². The molecule has 17 heavy (non-hydrogen) atoms. The van der Waals surface area contributed by atoms with E-state index in [1.54, 1.807) is 7.05 Å². The van der Waals surface area contributed by atoms with E-state index in [0.717, 1.165) is 25.7 Å². The monoisotopic (exact) mass is 242 g/mol. The predicted molar refractivity (Wildman–Crippen MR) is 64.7 cm³/mol. The number of carboxylic acids is 1. The molecule has 5 nitrogen and oxygen atoms in total. The summed E-state index contributed by atoms with van der Waals surface area (Å²) in [4.78, 5) is 22.3. The topological polar surface area (TPSA) is 78.4 Å². The normalized spacial score (nSPS) is 18.6. The van der Waals surface area contributed by atoms with Gasteiger partial charge < -0.3 is 15.7 Å². The number of aliphatic carboxylic acids is 1. The van der Waals surface area contributed by atoms with Crippen LogP contribution in [-0.2, 0) is 9.59 Å². The number of likely N-dealkylation sites (N-methyl/N-ethyl adjacent to an activating group) is 1. The van der Waals surface area contributed by atoms with Gasteiger partial charge in [0.05, 0.1) is 13.0 Å². The summed E-state index contributed by atoms with van der Waals surface area (Å²) >= 11 is 0. The summed E-state index contributed by atoms with van der Waals surface area (Å²) in [6.45, 7) is 0.767. The molecule has 1 aliphatic carbocycles. The highest BCUT2D eigenvalue weighted by atomic mass is 16.4. The average Bonchev–Trinajstić information content (AvgIpc) is 2.27. The van der Waals surface area contributed by atoms with E-state index >= 15 is 0 Å². The first kappa shape index (κ1) is 14.0. The largest absolute Gasteiger partial charge is 0.481 e. The predicted octanol–water partition coefficient (Wildman–Crippen LogP) is 0.747. The molecular weight excluding hydrogens is 220 g/mol. The van der Waals surface area contributed by atoms with Gasteiger partial charge in [0.2, 0.25) is 5.91 Å². The third-order valence-electron chi connectivity index (χ3n) is 3.44. The number of amides is 1. The lowest BCUT2D eigenvalue weighted by molar-refractivity contribution is -0.140. The zero-order valence-electron chi connectivity index (χ0n) is 10.4. The first-order valence-electron chi connectivity index (χ1n) is 6.21. The molecule has 0 aromatic rings. The van der Waals surface area contributed by atoms with Gasteiger partial charge in [-0.2, -0.15) is 0 Å². The van der Waals surface area contributed by atoms with Crippen LogP contribution in [0, 0.1) is 5.41 Å². The molecule has 0 radical (unpaired) electrons. The summed E-state index contributed by atoms with van der Waals surface area (Å²) in [5, 5.41) is 14.6. The fourth-order valence-electron chi connectivity index (χ4n) is 2.55. The van der Waals surface area contributed by atoms with Crippen LogP contribution >= 0.6 is 0 Å². The van der Waals surface area contributed by atoms with E-state index in [2.05, 4.69) is 10.6 Å². The maximum atomic E-state index is 11.4. The Bertz CT molecular complexity index is 273. The van der Waals surface area contributed by atoms with Gasteiger partial charge in [-0.15, -0.1) is 0 Å². The summed E-state index contributed by atoms with van der Waals surface area (Å²) in [7, 11) is 1.72. The Morgan fingerprint density at radius 2 is 1.88 bits per heavy atom. The van der Waals surface area contributed by atoms with Gasteiger partial charge >= 0.3 is 5.97 Å². The summed E-state index contributed by atoms with van der Waals surface area (Å²) in [6, 6.07) is 0. The minimum Gasteiger partial charge on any atom is -0.481 e. The number of hydrogen-bond donors (Lipinski definition) is 3. The number of hydrogen-bond acceptors (Lipinski definition) is 3. The van der Waals surface area contributed by atoms with E-state index in [1.807, 2.05) is 0 Å². The van der Waals surface area contributed by atoms with E-state index in [1.165, 1.54) is 6.42 Å². The van der Waals surface area contributed by atoms with Gasteiger partial charge in [-0.25, -0.2) is 0 Å². The van der Waals surface area contributed by atoms with Gasteiger partial charge in [0.1, 0.15) is 0 Å². The van der Waals surface area contributed by atoms with Crippen LogP contribution in [0.2, 0.25) is 0 Å². The Morgan fingerprint density at radius 1 is 1.24 bits per heavy atom. The van der Waals surface area contributed by atoms with Crippen LogP contribution in [0.5, 0.6) is 0 Å². The summed E-state index contributed by atoms with van der Waals surface area (Å²) in [5.74, 6) is -0.836. The molecule has 0 aliphatic heterocycles. The van der Waals surface area contributed by atoms with Crippen LogP contribution in [0.4, 0.5) is 0 Å². The second kappa shape index (κ2) is 6.59. The van der Waals surface area contributed by atoms with E-state index < -0.39 is 5.97 Å². The Morgan fingerprint density at radius 3 is 2.41 bits per heavy atom. The molecule has 1 saturated carbocycles. The Kier molecular flexibility index (Phi) is 5.41. The molecular formula is C12H22N2O3. The molecule has 1 fully saturated rings. The van der Waals surface area contributed by atoms with Crippen LogP contribution in [0.3, 0.4) is 0 Å². The average molecular weight is 242 g/mol. The molecule has 0 spiro atoms. The molecule has 3 N–H and O–H groups in total. The van der Waals surface area contributed by atoms with Gasteiger partial charge in [0, 0.05) is 6.54 Å². The molecule has 0 heterocycles. The molecule has 1 amide bonds. The zero-order chi connectivity index (χ0) is 12.7. The first-order valence-corrected chi connectivity index (χ1v) is 6.21. The van der Waals surface area contributed by atoms with Crippen molar-refractivity contribution in [1.29, 1.82) is 0 Å². The molecule has 98 valence electrons. The smallest absolute Gasteiger partial charge is 0.303 e. The second-order valence-corrected chi connectivity index (χ2v) is 4.94. The van der Waals surface area contributed by atoms with Crippen molar-refractivity contribution in [2.45, 2.75) is 38.5 Å². The van der Waals surface area contributed by atoms with Crippen molar-refractivity contribution < 1.29 is 14.7 Å². The van der Waals surface area contributed by atoms with Gasteiger partial charge in [-0.3, -0.25) is 9.59 Å². The zero-order valence-corrected chi connectivity index (χ0v) is 10.4. The highest BCUT2D eigenvalue weighted by molar-refractivity contribution is 5.78. The van der Waals surface area contributed by atoms with Crippen LogP contribution < -0.4 is 10.6 Å². The number of rotatable bonds is 6. The quantitative estimate of drug-likeness (QED) is 0.642. The lowest BCUT2D eigenvalue weighted by atomic mass is 9.71. The van der Waals surface area contributed by atoms with E-state index in [0.29, 0.717) is 6.54 Å². The minimum atomic E-state index is -0.769. The fourth-order valence-corrected chi connectivity index (χ4v) is 2.55. The van der Waals surface area contributed by atoms with Crippen molar-refractivity contribution >= 4 is 11.9 Å². The molecule has 1 rings (SSSR count). The van der Waals surface area contributed by atoms with E-state index in [9.17, 15) is 9.59 Å². The van der Waals surface area contributed by atoms with Crippen molar-refractivity contribution in [3.8, 4) is 0 Å². The molecule has 0 bridgehead atoms. The van der Waals surface area contributed by atoms with Gasteiger partial charge in [-0.05, 0) is 25.3 Å². The summed E-state index contributed by atoms with van der Waals surface area (Å²) < 4.78 is 0. The third-order valence-corrected chi connectivity index (χ3v) is 3.44. The second-order valence-electron chi connectivity index (χ2n) is 4.94. The van der Waals surface area contributed by atoms with Gasteiger partial charge in [-0.1, -0.05) is 19.3 Å². The van der Waals surface area contributed by atoms with Crippen molar-refractivity contribution in [3.05, 3.63) is 0 Å². The van der Waals surface area contributed by atoms with Gasteiger partial charge in [0.25, 0.3) is 0 Å². The number of nitrogens with one attached hydrogen (secondary N) is 2. The van der Waals surface area contributed by atoms with E-state index in [-0.39, 0.29) is 24.3 Å². The number of carbonyl (C=O) groups excluding carboxylic acids is 1. The lowest BCUT2D eigenvalue weighted by Gasteiger charge is -2.36. The molecule has 1 aliphatic rings. The molecule has 0 aromatic heterocycles. The Balaban J connectivity index is 2.51. The minimum absolute atomic E-state index is 0.0668. The van der Waals surface area contributed by atoms with Crippen LogP contribution in [0.15, 0.2) is 0 Å². The van der Waals surface area contributed by atoms with E-state index in [4.69, 9.17) is 5.11 Å². The van der Waals surface area contributed by atoms with Crippen LogP contribution in [0.1, 0.15) is 38.5 Å². The molecule has 0 saturated heterocycles.